The van der Waals surface area contributed by atoms with Gasteiger partial charge in [0, 0.05) is 18.7 Å². The lowest BCUT2D eigenvalue weighted by molar-refractivity contribution is -0.126. The van der Waals surface area contributed by atoms with Crippen LogP contribution in [0.2, 0.25) is 5.02 Å². The summed E-state index contributed by atoms with van der Waals surface area (Å²) in [5.41, 5.74) is 0.413. The van der Waals surface area contributed by atoms with Gasteiger partial charge in [0.25, 0.3) is 0 Å². The molecular weight excluding hydrogens is 284 g/mol. The molecule has 0 saturated carbocycles. The highest BCUT2D eigenvalue weighted by Crippen LogP contribution is 2.22. The van der Waals surface area contributed by atoms with E-state index in [1.807, 2.05) is 0 Å². The molecule has 0 spiro atoms. The van der Waals surface area contributed by atoms with Gasteiger partial charge in [-0.05, 0) is 24.6 Å². The summed E-state index contributed by atoms with van der Waals surface area (Å²) in [6.07, 6.45) is 0.829. The Morgan fingerprint density at radius 3 is 2.70 bits per heavy atom. The van der Waals surface area contributed by atoms with Crippen molar-refractivity contribution in [1.29, 1.82) is 0 Å². The van der Waals surface area contributed by atoms with Crippen LogP contribution in [0.3, 0.4) is 0 Å². The standard InChI is InChI=1S/C13H13ClN2O4/c14-10-5-8(2-3-9(10)13(19)20)16-12(18)7-1-4-11(17)15-6-7/h2-3,5,7H,1,4,6H2,(H,15,17)(H,16,18)(H,19,20). The van der Waals surface area contributed by atoms with Crippen LogP contribution in [0.4, 0.5) is 5.69 Å². The molecule has 1 fully saturated rings. The molecule has 1 atom stereocenters. The largest absolute Gasteiger partial charge is 0.478 e. The van der Waals surface area contributed by atoms with Gasteiger partial charge in [0.05, 0.1) is 16.5 Å². The molecule has 20 heavy (non-hydrogen) atoms. The van der Waals surface area contributed by atoms with Crippen LogP contribution in [0.5, 0.6) is 0 Å². The SMILES string of the molecule is O=C1CCC(C(=O)Nc2ccc(C(=O)O)c(Cl)c2)CN1. The van der Waals surface area contributed by atoms with Gasteiger partial charge in [0.1, 0.15) is 0 Å². The van der Waals surface area contributed by atoms with Gasteiger partial charge in [-0.25, -0.2) is 4.79 Å². The first kappa shape index (κ1) is 14.3. The summed E-state index contributed by atoms with van der Waals surface area (Å²) in [7, 11) is 0. The maximum Gasteiger partial charge on any atom is 0.337 e. The summed E-state index contributed by atoms with van der Waals surface area (Å²) in [6.45, 7) is 0.311. The van der Waals surface area contributed by atoms with Crippen molar-refractivity contribution in [2.75, 3.05) is 11.9 Å². The number of amides is 2. The molecule has 1 aliphatic rings. The van der Waals surface area contributed by atoms with Gasteiger partial charge in [-0.1, -0.05) is 11.6 Å². The van der Waals surface area contributed by atoms with Gasteiger partial charge in [-0.3, -0.25) is 9.59 Å². The Labute approximate surface area is 120 Å². The fourth-order valence-electron chi connectivity index (χ4n) is 1.97. The molecule has 1 unspecified atom stereocenters. The van der Waals surface area contributed by atoms with Crippen molar-refractivity contribution >= 4 is 35.1 Å². The van der Waals surface area contributed by atoms with E-state index < -0.39 is 5.97 Å². The third-order valence-electron chi connectivity index (χ3n) is 3.10. The van der Waals surface area contributed by atoms with Gasteiger partial charge in [0.15, 0.2) is 0 Å². The van der Waals surface area contributed by atoms with Gasteiger partial charge in [-0.2, -0.15) is 0 Å². The van der Waals surface area contributed by atoms with E-state index in [0.717, 1.165) is 0 Å². The number of halogens is 1. The number of nitrogens with one attached hydrogen (secondary N) is 2. The minimum absolute atomic E-state index is 0.0189. The Hall–Kier alpha value is -2.08. The number of hydrogen-bond acceptors (Lipinski definition) is 3. The summed E-state index contributed by atoms with van der Waals surface area (Å²) in [6, 6.07) is 4.21. The highest BCUT2D eigenvalue weighted by atomic mass is 35.5. The van der Waals surface area contributed by atoms with Crippen LogP contribution in [-0.2, 0) is 9.59 Å². The molecule has 2 amide bonds. The zero-order valence-corrected chi connectivity index (χ0v) is 11.2. The van der Waals surface area contributed by atoms with E-state index in [1.54, 1.807) is 0 Å². The second-order valence-corrected chi connectivity index (χ2v) is 4.94. The van der Waals surface area contributed by atoms with E-state index in [0.29, 0.717) is 25.1 Å². The van der Waals surface area contributed by atoms with Gasteiger partial charge in [0.2, 0.25) is 11.8 Å². The molecule has 7 heteroatoms. The first-order valence-corrected chi connectivity index (χ1v) is 6.45. The van der Waals surface area contributed by atoms with Gasteiger partial charge < -0.3 is 15.7 Å². The van der Waals surface area contributed by atoms with E-state index in [-0.39, 0.29) is 28.3 Å². The predicted octanol–water partition coefficient (Wildman–Crippen LogP) is 1.50. The lowest BCUT2D eigenvalue weighted by atomic mass is 9.98. The summed E-state index contributed by atoms with van der Waals surface area (Å²) >= 11 is 5.82. The quantitative estimate of drug-likeness (QED) is 0.787. The van der Waals surface area contributed by atoms with E-state index in [4.69, 9.17) is 16.7 Å². The zero-order valence-electron chi connectivity index (χ0n) is 10.5. The van der Waals surface area contributed by atoms with E-state index >= 15 is 0 Å². The Balaban J connectivity index is 2.03. The number of carboxylic acid groups (broad SMARTS) is 1. The van der Waals surface area contributed by atoms with Crippen LogP contribution in [0.15, 0.2) is 18.2 Å². The molecule has 6 nitrogen and oxygen atoms in total. The molecule has 0 aliphatic carbocycles. The van der Waals surface area contributed by atoms with Crippen molar-refractivity contribution in [2.24, 2.45) is 5.92 Å². The Kier molecular flexibility index (Phi) is 4.24. The van der Waals surface area contributed by atoms with Gasteiger partial charge >= 0.3 is 5.97 Å². The number of carbonyl (C=O) groups excluding carboxylic acids is 2. The monoisotopic (exact) mass is 296 g/mol. The molecule has 106 valence electrons. The molecule has 1 saturated heterocycles. The normalized spacial score (nSPS) is 18.2. The Morgan fingerprint density at radius 2 is 2.15 bits per heavy atom. The second-order valence-electron chi connectivity index (χ2n) is 4.53. The number of aromatic carboxylic acids is 1. The Bertz CT molecular complexity index is 563. The average molecular weight is 297 g/mol. The molecule has 1 aromatic rings. The first-order valence-electron chi connectivity index (χ1n) is 6.08. The van der Waals surface area contributed by atoms with Crippen molar-refractivity contribution in [3.05, 3.63) is 28.8 Å². The second kappa shape index (κ2) is 5.92. The molecule has 3 N–H and O–H groups in total. The van der Waals surface area contributed by atoms with Crippen molar-refractivity contribution in [3.63, 3.8) is 0 Å². The third kappa shape index (κ3) is 3.27. The van der Waals surface area contributed by atoms with E-state index in [2.05, 4.69) is 10.6 Å². The minimum atomic E-state index is -1.12. The summed E-state index contributed by atoms with van der Waals surface area (Å²) in [4.78, 5) is 33.8. The zero-order chi connectivity index (χ0) is 14.7. The molecular formula is C13H13ClN2O4. The number of piperidine rings is 1. The molecule has 1 aliphatic heterocycles. The minimum Gasteiger partial charge on any atom is -0.478 e. The van der Waals surface area contributed by atoms with Crippen LogP contribution in [0.1, 0.15) is 23.2 Å². The first-order chi connectivity index (χ1) is 9.47. The predicted molar refractivity (Wildman–Crippen MR) is 72.8 cm³/mol. The molecule has 0 radical (unpaired) electrons. The number of hydrogen-bond donors (Lipinski definition) is 3. The molecule has 1 heterocycles. The fourth-order valence-corrected chi connectivity index (χ4v) is 2.23. The average Bonchev–Trinajstić information content (AvgIpc) is 2.39. The van der Waals surface area contributed by atoms with E-state index in [9.17, 15) is 14.4 Å². The number of anilines is 1. The lowest BCUT2D eigenvalue weighted by Gasteiger charge is -2.21. The fraction of sp³-hybridized carbons (Fsp3) is 0.308. The maximum atomic E-state index is 12.0. The van der Waals surface area contributed by atoms with Crippen LogP contribution < -0.4 is 10.6 Å². The highest BCUT2D eigenvalue weighted by Gasteiger charge is 2.24. The summed E-state index contributed by atoms with van der Waals surface area (Å²) in [5.74, 6) is -1.68. The van der Waals surface area contributed by atoms with Crippen molar-refractivity contribution < 1.29 is 19.5 Å². The maximum absolute atomic E-state index is 12.0. The van der Waals surface area contributed by atoms with Crippen molar-refractivity contribution in [1.82, 2.24) is 5.32 Å². The molecule has 0 aromatic heterocycles. The lowest BCUT2D eigenvalue weighted by Crippen LogP contribution is -2.40. The van der Waals surface area contributed by atoms with Gasteiger partial charge in [-0.15, -0.1) is 0 Å². The Morgan fingerprint density at radius 1 is 1.40 bits per heavy atom. The summed E-state index contributed by atoms with van der Waals surface area (Å²) < 4.78 is 0. The molecule has 0 bridgehead atoms. The third-order valence-corrected chi connectivity index (χ3v) is 3.42. The molecule has 1 aromatic carbocycles. The van der Waals surface area contributed by atoms with Crippen LogP contribution >= 0.6 is 11.6 Å². The topological polar surface area (TPSA) is 95.5 Å². The molecule has 2 rings (SSSR count). The summed E-state index contributed by atoms with van der Waals surface area (Å²) in [5, 5.41) is 14.2. The van der Waals surface area contributed by atoms with Crippen LogP contribution in [-0.4, -0.2) is 29.4 Å². The van der Waals surface area contributed by atoms with Crippen molar-refractivity contribution in [3.8, 4) is 0 Å². The number of carboxylic acids is 1. The van der Waals surface area contributed by atoms with Crippen LogP contribution in [0, 0.1) is 5.92 Å². The number of rotatable bonds is 3. The van der Waals surface area contributed by atoms with E-state index in [1.165, 1.54) is 18.2 Å². The smallest absolute Gasteiger partial charge is 0.337 e. The van der Waals surface area contributed by atoms with Crippen molar-refractivity contribution in [2.45, 2.75) is 12.8 Å². The van der Waals surface area contributed by atoms with Crippen LogP contribution in [0.25, 0.3) is 0 Å². The number of benzene rings is 1. The highest BCUT2D eigenvalue weighted by molar-refractivity contribution is 6.33. The number of carbonyl (C=O) groups is 3.